The molecule has 5 nitrogen and oxygen atoms in total. The molecule has 19 heavy (non-hydrogen) atoms. The Morgan fingerprint density at radius 1 is 1.47 bits per heavy atom. The smallest absolute Gasteiger partial charge is 0.272 e. The summed E-state index contributed by atoms with van der Waals surface area (Å²) in [6.07, 6.45) is 1.66. The molecular weight excluding hydrogens is 260 g/mol. The molecular formula is C13H20N4OS. The molecule has 0 bridgehead atoms. The summed E-state index contributed by atoms with van der Waals surface area (Å²) >= 11 is 4.32. The molecule has 0 saturated carbocycles. The number of carbonyl (C=O) groups is 1. The summed E-state index contributed by atoms with van der Waals surface area (Å²) in [7, 11) is 0. The van der Waals surface area contributed by atoms with Gasteiger partial charge in [-0.15, -0.1) is 0 Å². The third kappa shape index (κ3) is 3.25. The zero-order valence-electron chi connectivity index (χ0n) is 11.4. The van der Waals surface area contributed by atoms with Crippen LogP contribution in [0, 0.1) is 0 Å². The number of nitrogens with one attached hydrogen (secondary N) is 1. The van der Waals surface area contributed by atoms with Crippen LogP contribution in [0.3, 0.4) is 0 Å². The zero-order valence-corrected chi connectivity index (χ0v) is 12.3. The van der Waals surface area contributed by atoms with E-state index in [2.05, 4.69) is 27.9 Å². The van der Waals surface area contributed by atoms with E-state index >= 15 is 0 Å². The first-order valence-electron chi connectivity index (χ1n) is 6.49. The minimum Gasteiger partial charge on any atom is -0.335 e. The van der Waals surface area contributed by atoms with E-state index in [0.717, 1.165) is 26.2 Å². The highest BCUT2D eigenvalue weighted by atomic mass is 32.1. The van der Waals surface area contributed by atoms with Gasteiger partial charge in [0.25, 0.3) is 5.91 Å². The quantitative estimate of drug-likeness (QED) is 0.802. The van der Waals surface area contributed by atoms with Crippen LogP contribution in [-0.2, 0) is 5.41 Å². The molecule has 6 heteroatoms. The second-order valence-corrected chi connectivity index (χ2v) is 5.67. The maximum absolute atomic E-state index is 12.4. The Hall–Kier alpha value is -1.14. The van der Waals surface area contributed by atoms with Crippen LogP contribution in [0.1, 0.15) is 30.2 Å². The normalized spacial score (nSPS) is 16.5. The molecule has 1 N–H and O–H groups in total. The van der Waals surface area contributed by atoms with E-state index in [9.17, 15) is 4.79 Å². The summed E-state index contributed by atoms with van der Waals surface area (Å²) in [4.78, 5) is 22.9. The molecule has 0 spiro atoms. The van der Waals surface area contributed by atoms with Crippen LogP contribution in [0.5, 0.6) is 0 Å². The molecule has 104 valence electrons. The Balaban J connectivity index is 2.20. The van der Waals surface area contributed by atoms with E-state index in [1.165, 1.54) is 0 Å². The van der Waals surface area contributed by atoms with Gasteiger partial charge in [-0.3, -0.25) is 4.79 Å². The lowest BCUT2D eigenvalue weighted by atomic mass is 9.95. The Morgan fingerprint density at radius 2 is 2.16 bits per heavy atom. The van der Waals surface area contributed by atoms with Crippen molar-refractivity contribution in [3.05, 3.63) is 23.8 Å². The van der Waals surface area contributed by atoms with Crippen LogP contribution < -0.4 is 5.32 Å². The van der Waals surface area contributed by atoms with Crippen molar-refractivity contribution in [2.45, 2.75) is 19.3 Å². The predicted molar refractivity (Wildman–Crippen MR) is 77.7 cm³/mol. The minimum atomic E-state index is -0.233. The number of carbonyl (C=O) groups excluding carboxylic acids is 1. The van der Waals surface area contributed by atoms with E-state index in [4.69, 9.17) is 0 Å². The van der Waals surface area contributed by atoms with E-state index in [-0.39, 0.29) is 11.3 Å². The molecule has 1 fully saturated rings. The average Bonchev–Trinajstić information content (AvgIpc) is 2.47. The molecule has 2 rings (SSSR count). The number of piperazine rings is 1. The fraction of sp³-hybridized carbons (Fsp3) is 0.615. The Bertz CT molecular complexity index is 458. The van der Waals surface area contributed by atoms with Crippen LogP contribution in [-0.4, -0.2) is 52.7 Å². The van der Waals surface area contributed by atoms with E-state index in [1.807, 2.05) is 18.7 Å². The van der Waals surface area contributed by atoms with E-state index in [1.54, 1.807) is 12.3 Å². The second-order valence-electron chi connectivity index (χ2n) is 5.35. The maximum atomic E-state index is 12.4. The average molecular weight is 280 g/mol. The van der Waals surface area contributed by atoms with Crippen LogP contribution in [0.4, 0.5) is 0 Å². The highest BCUT2D eigenvalue weighted by molar-refractivity contribution is 7.80. The van der Waals surface area contributed by atoms with Crippen molar-refractivity contribution < 1.29 is 4.79 Å². The van der Waals surface area contributed by atoms with Crippen molar-refractivity contribution in [2.24, 2.45) is 0 Å². The molecule has 1 amide bonds. The van der Waals surface area contributed by atoms with Gasteiger partial charge in [0.1, 0.15) is 11.5 Å². The first-order chi connectivity index (χ1) is 9.04. The van der Waals surface area contributed by atoms with Gasteiger partial charge in [0.05, 0.1) is 0 Å². The Kier molecular flexibility index (Phi) is 4.42. The van der Waals surface area contributed by atoms with Gasteiger partial charge in [-0.25, -0.2) is 9.97 Å². The first kappa shape index (κ1) is 14.3. The van der Waals surface area contributed by atoms with Gasteiger partial charge < -0.3 is 10.2 Å². The van der Waals surface area contributed by atoms with Crippen LogP contribution in [0.2, 0.25) is 0 Å². The summed E-state index contributed by atoms with van der Waals surface area (Å²) < 4.78 is 0. The topological polar surface area (TPSA) is 58.1 Å². The van der Waals surface area contributed by atoms with E-state index < -0.39 is 0 Å². The number of hydrogen-bond acceptors (Lipinski definition) is 5. The van der Waals surface area contributed by atoms with Crippen molar-refractivity contribution in [3.8, 4) is 0 Å². The fourth-order valence-electron chi connectivity index (χ4n) is 1.90. The molecule has 1 aromatic rings. The Morgan fingerprint density at radius 3 is 2.79 bits per heavy atom. The largest absolute Gasteiger partial charge is 0.335 e. The lowest BCUT2D eigenvalue weighted by molar-refractivity contribution is 0.0729. The molecule has 0 aliphatic carbocycles. The highest BCUT2D eigenvalue weighted by Crippen LogP contribution is 2.20. The number of thiol groups is 1. The third-order valence-electron chi connectivity index (χ3n) is 3.28. The number of amides is 1. The molecule has 0 unspecified atom stereocenters. The van der Waals surface area contributed by atoms with Gasteiger partial charge in [-0.05, 0) is 6.07 Å². The SMILES string of the molecule is CC(C)(CS)c1nccc(C(=O)N2CCNCC2)n1. The highest BCUT2D eigenvalue weighted by Gasteiger charge is 2.25. The molecule has 1 aliphatic rings. The van der Waals surface area contributed by atoms with Crippen molar-refractivity contribution in [3.63, 3.8) is 0 Å². The summed E-state index contributed by atoms with van der Waals surface area (Å²) in [6, 6.07) is 1.68. The standard InChI is InChI=1S/C13H20N4OS/c1-13(2,9-19)12-15-4-3-10(16-12)11(18)17-7-5-14-6-8-17/h3-4,14,19H,5-9H2,1-2H3. The van der Waals surface area contributed by atoms with Crippen molar-refractivity contribution in [1.82, 2.24) is 20.2 Å². The number of aromatic nitrogens is 2. The van der Waals surface area contributed by atoms with Gasteiger partial charge in [-0.2, -0.15) is 12.6 Å². The summed E-state index contributed by atoms with van der Waals surface area (Å²) in [6.45, 7) is 7.18. The summed E-state index contributed by atoms with van der Waals surface area (Å²) in [5.74, 6) is 1.29. The molecule has 2 heterocycles. The lowest BCUT2D eigenvalue weighted by Crippen LogP contribution is -2.46. The van der Waals surface area contributed by atoms with Crippen molar-refractivity contribution >= 4 is 18.5 Å². The zero-order chi connectivity index (χ0) is 13.9. The molecule has 1 aliphatic heterocycles. The van der Waals surface area contributed by atoms with Crippen LogP contribution in [0.25, 0.3) is 0 Å². The van der Waals surface area contributed by atoms with Crippen molar-refractivity contribution in [2.75, 3.05) is 31.9 Å². The number of rotatable bonds is 3. The molecule has 0 atom stereocenters. The van der Waals surface area contributed by atoms with Gasteiger partial charge in [-0.1, -0.05) is 13.8 Å². The second kappa shape index (κ2) is 5.88. The summed E-state index contributed by atoms with van der Waals surface area (Å²) in [5, 5.41) is 3.23. The number of hydrogen-bond donors (Lipinski definition) is 2. The van der Waals surface area contributed by atoms with Gasteiger partial charge in [0.15, 0.2) is 0 Å². The monoisotopic (exact) mass is 280 g/mol. The molecule has 0 radical (unpaired) electrons. The van der Waals surface area contributed by atoms with Gasteiger partial charge in [0.2, 0.25) is 0 Å². The van der Waals surface area contributed by atoms with Crippen molar-refractivity contribution in [1.29, 1.82) is 0 Å². The predicted octanol–water partition coefficient (Wildman–Crippen LogP) is 0.729. The summed E-state index contributed by atoms with van der Waals surface area (Å²) in [5.41, 5.74) is 0.241. The Labute approximate surface area is 119 Å². The minimum absolute atomic E-state index is 0.0138. The lowest BCUT2D eigenvalue weighted by Gasteiger charge is -2.27. The fourth-order valence-corrected chi connectivity index (χ4v) is 2.05. The number of nitrogens with zero attached hydrogens (tertiary/aromatic N) is 3. The molecule has 0 aromatic carbocycles. The molecule has 1 aromatic heterocycles. The van der Waals surface area contributed by atoms with E-state index in [0.29, 0.717) is 17.3 Å². The first-order valence-corrected chi connectivity index (χ1v) is 7.12. The van der Waals surface area contributed by atoms with Crippen LogP contribution >= 0.6 is 12.6 Å². The van der Waals surface area contributed by atoms with Crippen LogP contribution in [0.15, 0.2) is 12.3 Å². The van der Waals surface area contributed by atoms with Gasteiger partial charge >= 0.3 is 0 Å². The third-order valence-corrected chi connectivity index (χ3v) is 4.07. The maximum Gasteiger partial charge on any atom is 0.272 e. The van der Waals surface area contributed by atoms with Gasteiger partial charge in [0, 0.05) is 43.5 Å². The molecule has 1 saturated heterocycles.